The molecule has 0 aliphatic heterocycles. The van der Waals surface area contributed by atoms with E-state index >= 15 is 0 Å². The van der Waals surface area contributed by atoms with Gasteiger partial charge in [0.2, 0.25) is 0 Å². The molecule has 0 radical (unpaired) electrons. The second-order valence-corrected chi connectivity index (χ2v) is 8.78. The van der Waals surface area contributed by atoms with E-state index in [9.17, 15) is 20.2 Å². The average molecular weight is 561 g/mol. The molecule has 3 aromatic rings. The first-order valence-electron chi connectivity index (χ1n) is 9.72. The van der Waals surface area contributed by atoms with Crippen LogP contribution in [0.2, 0.25) is 10.0 Å². The fourth-order valence-electron chi connectivity index (χ4n) is 2.85. The van der Waals surface area contributed by atoms with Crippen LogP contribution in [0.15, 0.2) is 64.6 Å². The monoisotopic (exact) mass is 559 g/mol. The van der Waals surface area contributed by atoms with Crippen LogP contribution in [0.4, 0.5) is 11.4 Å². The number of ether oxygens (including phenoxy) is 1. The molecule has 0 fully saturated rings. The maximum atomic E-state index is 12.5. The lowest BCUT2D eigenvalue weighted by atomic mass is 10.1. The quantitative estimate of drug-likeness (QED) is 0.144. The van der Waals surface area contributed by atoms with E-state index in [0.29, 0.717) is 26.5 Å². The zero-order valence-electron chi connectivity index (χ0n) is 17.6. The molecular weight excluding hydrogens is 545 g/mol. The van der Waals surface area contributed by atoms with E-state index in [2.05, 4.69) is 21.2 Å². The van der Waals surface area contributed by atoms with Gasteiger partial charge in [0.05, 0.1) is 14.4 Å². The number of carbonyl (C=O) groups excluding carboxylic acids is 1. The lowest BCUT2D eigenvalue weighted by Crippen LogP contribution is -2.13. The van der Waals surface area contributed by atoms with Gasteiger partial charge in [-0.25, -0.2) is 0 Å². The fraction of sp³-hybridized carbons (Fsp3) is 0.0833. The molecule has 3 aromatic carbocycles. The standard InChI is InChI=1S/C24H16BrCl2N3O4/c1-14-2-5-18(11-21(14)26)29-24(31)17(12-28)8-16-9-20(25)23(22(27)10-16)34-13-15-3-6-19(7-4-15)30(32)33/h2-11H,13H2,1H3,(H,29,31)/b17-8-. The second kappa shape index (κ2) is 11.2. The number of carbonyl (C=O) groups is 1. The van der Waals surface area contributed by atoms with E-state index in [4.69, 9.17) is 27.9 Å². The van der Waals surface area contributed by atoms with Gasteiger partial charge in [0.15, 0.2) is 5.75 Å². The minimum absolute atomic E-state index is 0.0121. The van der Waals surface area contributed by atoms with Gasteiger partial charge in [-0.1, -0.05) is 29.3 Å². The van der Waals surface area contributed by atoms with Crippen molar-refractivity contribution in [1.82, 2.24) is 0 Å². The summed E-state index contributed by atoms with van der Waals surface area (Å²) in [6.45, 7) is 1.98. The zero-order chi connectivity index (χ0) is 24.8. The van der Waals surface area contributed by atoms with Crippen LogP contribution in [-0.4, -0.2) is 10.8 Å². The Kier molecular flexibility index (Phi) is 8.29. The number of aryl methyl sites for hydroxylation is 1. The molecule has 0 aliphatic carbocycles. The van der Waals surface area contributed by atoms with Crippen molar-refractivity contribution >= 4 is 62.5 Å². The van der Waals surface area contributed by atoms with Gasteiger partial charge < -0.3 is 10.1 Å². The lowest BCUT2D eigenvalue weighted by Gasteiger charge is -2.11. The zero-order valence-corrected chi connectivity index (χ0v) is 20.7. The second-order valence-electron chi connectivity index (χ2n) is 7.11. The Morgan fingerprint density at radius 1 is 1.18 bits per heavy atom. The Morgan fingerprint density at radius 2 is 1.88 bits per heavy atom. The van der Waals surface area contributed by atoms with E-state index in [-0.39, 0.29) is 22.9 Å². The lowest BCUT2D eigenvalue weighted by molar-refractivity contribution is -0.384. The summed E-state index contributed by atoms with van der Waals surface area (Å²) in [4.78, 5) is 22.8. The number of nitrogens with one attached hydrogen (secondary N) is 1. The van der Waals surface area contributed by atoms with Crippen molar-refractivity contribution in [3.63, 3.8) is 0 Å². The van der Waals surface area contributed by atoms with Gasteiger partial charge >= 0.3 is 0 Å². The molecule has 0 aromatic heterocycles. The molecule has 10 heteroatoms. The molecule has 0 bridgehead atoms. The number of benzene rings is 3. The molecule has 0 spiro atoms. The van der Waals surface area contributed by atoms with E-state index in [1.54, 1.807) is 42.5 Å². The molecular formula is C24H16BrCl2N3O4. The van der Waals surface area contributed by atoms with Crippen LogP contribution in [0.1, 0.15) is 16.7 Å². The molecule has 0 unspecified atom stereocenters. The van der Waals surface area contributed by atoms with Crippen LogP contribution >= 0.6 is 39.1 Å². The molecule has 0 saturated heterocycles. The maximum Gasteiger partial charge on any atom is 0.269 e. The highest BCUT2D eigenvalue weighted by atomic mass is 79.9. The van der Waals surface area contributed by atoms with Crippen LogP contribution in [0, 0.1) is 28.4 Å². The summed E-state index contributed by atoms with van der Waals surface area (Å²) in [6, 6.07) is 16.1. The highest BCUT2D eigenvalue weighted by Gasteiger charge is 2.14. The van der Waals surface area contributed by atoms with Gasteiger partial charge in [-0.3, -0.25) is 14.9 Å². The summed E-state index contributed by atoms with van der Waals surface area (Å²) >= 11 is 15.8. The molecule has 1 N–H and O–H groups in total. The Hall–Kier alpha value is -3.38. The number of non-ortho nitro benzene ring substituents is 1. The number of nitriles is 1. The molecule has 34 heavy (non-hydrogen) atoms. The maximum absolute atomic E-state index is 12.5. The van der Waals surface area contributed by atoms with Crippen molar-refractivity contribution in [2.75, 3.05) is 5.32 Å². The van der Waals surface area contributed by atoms with Crippen LogP contribution in [0.3, 0.4) is 0 Å². The first-order valence-corrected chi connectivity index (χ1v) is 11.3. The van der Waals surface area contributed by atoms with E-state index in [1.807, 2.05) is 13.0 Å². The summed E-state index contributed by atoms with van der Waals surface area (Å²) in [5.41, 5.74) is 2.42. The van der Waals surface area contributed by atoms with E-state index in [1.165, 1.54) is 18.2 Å². The SMILES string of the molecule is Cc1ccc(NC(=O)/C(C#N)=C\c2cc(Cl)c(OCc3ccc([N+](=O)[O-])cc3)c(Br)c2)cc1Cl. The van der Waals surface area contributed by atoms with Crippen LogP contribution < -0.4 is 10.1 Å². The smallest absolute Gasteiger partial charge is 0.269 e. The molecule has 172 valence electrons. The van der Waals surface area contributed by atoms with E-state index < -0.39 is 10.8 Å². The third-order valence-corrected chi connectivity index (χ3v) is 5.93. The first-order chi connectivity index (χ1) is 16.2. The number of nitro groups is 1. The van der Waals surface area contributed by atoms with Gasteiger partial charge in [-0.15, -0.1) is 0 Å². The van der Waals surface area contributed by atoms with Gasteiger partial charge in [0.25, 0.3) is 11.6 Å². The molecule has 0 atom stereocenters. The summed E-state index contributed by atoms with van der Waals surface area (Å²) in [5.74, 6) is -0.234. The molecule has 1 amide bonds. The van der Waals surface area contributed by atoms with Gasteiger partial charge in [-0.2, -0.15) is 5.26 Å². The van der Waals surface area contributed by atoms with Crippen LogP contribution in [0.5, 0.6) is 5.75 Å². The van der Waals surface area contributed by atoms with Crippen molar-refractivity contribution in [2.24, 2.45) is 0 Å². The van der Waals surface area contributed by atoms with Crippen LogP contribution in [0.25, 0.3) is 6.08 Å². The Balaban J connectivity index is 1.75. The summed E-state index contributed by atoms with van der Waals surface area (Å²) in [7, 11) is 0. The van der Waals surface area contributed by atoms with Gasteiger partial charge in [0, 0.05) is 22.8 Å². The summed E-state index contributed by atoms with van der Waals surface area (Å²) < 4.78 is 6.27. The Bertz CT molecular complexity index is 1310. The third kappa shape index (κ3) is 6.35. The highest BCUT2D eigenvalue weighted by Crippen LogP contribution is 2.36. The minimum atomic E-state index is -0.590. The highest BCUT2D eigenvalue weighted by molar-refractivity contribution is 9.10. The number of nitro benzene ring substituents is 1. The van der Waals surface area contributed by atoms with Crippen molar-refractivity contribution in [2.45, 2.75) is 13.5 Å². The van der Waals surface area contributed by atoms with Crippen LogP contribution in [-0.2, 0) is 11.4 Å². The topological polar surface area (TPSA) is 105 Å². The number of anilines is 1. The Labute approximate surface area is 213 Å². The number of rotatable bonds is 7. The van der Waals surface area contributed by atoms with Crippen molar-refractivity contribution < 1.29 is 14.5 Å². The van der Waals surface area contributed by atoms with Gasteiger partial charge in [0.1, 0.15) is 18.2 Å². The van der Waals surface area contributed by atoms with E-state index in [0.717, 1.165) is 11.1 Å². The van der Waals surface area contributed by atoms with Crippen molar-refractivity contribution in [3.05, 3.63) is 101 Å². The number of halogens is 3. The first kappa shape index (κ1) is 25.2. The Morgan fingerprint density at radius 3 is 2.47 bits per heavy atom. The normalized spacial score (nSPS) is 11.0. The molecule has 3 rings (SSSR count). The third-order valence-electron chi connectivity index (χ3n) is 4.66. The molecule has 7 nitrogen and oxygen atoms in total. The number of amides is 1. The minimum Gasteiger partial charge on any atom is -0.486 e. The largest absolute Gasteiger partial charge is 0.486 e. The molecule has 0 saturated carbocycles. The predicted octanol–water partition coefficient (Wildman–Crippen LogP) is 7.10. The number of hydrogen-bond donors (Lipinski definition) is 1. The summed E-state index contributed by atoms with van der Waals surface area (Å²) in [5, 5.41) is 23.6. The average Bonchev–Trinajstić information content (AvgIpc) is 2.79. The van der Waals surface area contributed by atoms with Gasteiger partial charge in [-0.05, 0) is 82.0 Å². The summed E-state index contributed by atoms with van der Waals surface area (Å²) in [6.07, 6.45) is 1.40. The predicted molar refractivity (Wildman–Crippen MR) is 135 cm³/mol. The molecule has 0 heterocycles. The number of hydrogen-bond acceptors (Lipinski definition) is 5. The molecule has 0 aliphatic rings. The van der Waals surface area contributed by atoms with Crippen molar-refractivity contribution in [1.29, 1.82) is 5.26 Å². The van der Waals surface area contributed by atoms with Crippen molar-refractivity contribution in [3.8, 4) is 11.8 Å². The number of nitrogens with zero attached hydrogens (tertiary/aromatic N) is 2. The fourth-order valence-corrected chi connectivity index (χ4v) is 4.02.